The molecule has 0 amide bonds. The Morgan fingerprint density at radius 3 is 0.885 bits per heavy atom. The summed E-state index contributed by atoms with van der Waals surface area (Å²) in [5, 5.41) is 0. The van der Waals surface area contributed by atoms with E-state index in [4.69, 9.17) is 0 Å². The topological polar surface area (TPSA) is 107 Å². The van der Waals surface area contributed by atoms with Gasteiger partial charge in [-0.1, -0.05) is 19.7 Å². The normalized spacial score (nSPS) is 13.7. The van der Waals surface area contributed by atoms with E-state index in [1.807, 2.05) is 0 Å². The highest BCUT2D eigenvalue weighted by molar-refractivity contribution is 5.81. The summed E-state index contributed by atoms with van der Waals surface area (Å²) in [6.07, 6.45) is -18.6. The Balaban J connectivity index is 0. The largest absolute Gasteiger partial charge is 0.456 e. The smallest absolute Gasteiger partial charge is 0.455 e. The third kappa shape index (κ3) is 12.4. The Kier molecular flexibility index (Phi) is 17.7. The van der Waals surface area contributed by atoms with Gasteiger partial charge in [0.1, 0.15) is 0 Å². The Hall–Kier alpha value is -3.82. The van der Waals surface area contributed by atoms with E-state index in [1.165, 1.54) is 4.94 Å². The fraction of sp³-hybridized carbons (Fsp3) is 0.625. The summed E-state index contributed by atoms with van der Waals surface area (Å²) in [6.45, 7) is -2.82. The Bertz CT molecular complexity index is 1180. The van der Waals surface area contributed by atoms with Gasteiger partial charge in [0.25, 0.3) is 0 Å². The zero-order valence-electron chi connectivity index (χ0n) is 25.0. The first-order valence-corrected chi connectivity index (χ1v) is 12.5. The molecule has 0 heterocycles. The zero-order chi connectivity index (χ0) is 41.8. The summed E-state index contributed by atoms with van der Waals surface area (Å²) >= 11 is 0. The second kappa shape index (κ2) is 18.3. The monoisotopic (exact) mass is 814 g/mol. The van der Waals surface area contributed by atoms with Gasteiger partial charge in [-0.25, -0.2) is 14.4 Å². The maximum Gasteiger partial charge on any atom is 0.455 e. The molecule has 0 N–H and O–H groups in total. The SMILES string of the molecule is C=CC(=O)OCC(F)(F)C(F)(F)C(F)(F)OCCCOC(F)(F)C(F)(F)C(F)(F)COC(=O)C=C.C=CC(=O)OCC(F)(F)C(F)(F)C(F)(F)OF. The van der Waals surface area contributed by atoms with Crippen molar-refractivity contribution >= 4 is 17.9 Å². The predicted octanol–water partition coefficient (Wildman–Crippen LogP) is 7.08. The predicted molar refractivity (Wildman–Crippen MR) is 127 cm³/mol. The van der Waals surface area contributed by atoms with Crippen LogP contribution in [0.3, 0.4) is 0 Å². The summed E-state index contributed by atoms with van der Waals surface area (Å²) < 4.78 is 263. The van der Waals surface area contributed by atoms with Crippen LogP contribution in [0.5, 0.6) is 0 Å². The highest BCUT2D eigenvalue weighted by Gasteiger charge is 2.76. The van der Waals surface area contributed by atoms with Gasteiger partial charge in [0.2, 0.25) is 0 Å². The fourth-order valence-corrected chi connectivity index (χ4v) is 2.26. The number of ether oxygens (including phenoxy) is 5. The van der Waals surface area contributed by atoms with Crippen LogP contribution in [0.1, 0.15) is 6.42 Å². The summed E-state index contributed by atoms with van der Waals surface area (Å²) in [4.78, 5) is 33.1. The molecule has 0 aromatic carbocycles. The van der Waals surface area contributed by atoms with Crippen LogP contribution in [0.15, 0.2) is 38.0 Å². The minimum atomic E-state index is -6.33. The van der Waals surface area contributed by atoms with Crippen molar-refractivity contribution in [2.24, 2.45) is 0 Å². The minimum Gasteiger partial charge on any atom is -0.456 e. The van der Waals surface area contributed by atoms with E-state index in [2.05, 4.69) is 43.4 Å². The number of hydrogen-bond acceptors (Lipinski definition) is 9. The van der Waals surface area contributed by atoms with E-state index >= 15 is 0 Å². The van der Waals surface area contributed by atoms with Crippen molar-refractivity contribution in [3.8, 4) is 0 Å². The summed E-state index contributed by atoms with van der Waals surface area (Å²) in [5.41, 5.74) is 0. The highest BCUT2D eigenvalue weighted by Crippen LogP contribution is 2.49. The maximum atomic E-state index is 13.5. The quantitative estimate of drug-likeness (QED) is 0.0373. The van der Waals surface area contributed by atoms with Gasteiger partial charge < -0.3 is 23.7 Å². The molecule has 52 heavy (non-hydrogen) atoms. The summed E-state index contributed by atoms with van der Waals surface area (Å²) in [7, 11) is 0. The first kappa shape index (κ1) is 50.3. The van der Waals surface area contributed by atoms with Crippen molar-refractivity contribution in [2.75, 3.05) is 33.0 Å². The molecule has 0 aromatic rings. The molecule has 0 bridgehead atoms. The lowest BCUT2D eigenvalue weighted by Gasteiger charge is -2.32. The first-order chi connectivity index (χ1) is 23.1. The number of hydrogen-bond donors (Lipinski definition) is 0. The Labute approximate surface area is 276 Å². The molecule has 0 spiro atoms. The average Bonchev–Trinajstić information content (AvgIpc) is 3.04. The van der Waals surface area contributed by atoms with Crippen LogP contribution >= 0.6 is 0 Å². The lowest BCUT2D eigenvalue weighted by Crippen LogP contribution is -2.58. The maximum absolute atomic E-state index is 13.5. The number of esters is 3. The van der Waals surface area contributed by atoms with Crippen LogP contribution in [0.2, 0.25) is 0 Å². The van der Waals surface area contributed by atoms with Crippen LogP contribution in [0.4, 0.5) is 83.6 Å². The van der Waals surface area contributed by atoms with Gasteiger partial charge in [-0.3, -0.25) is 0 Å². The molecule has 0 radical (unpaired) electrons. The summed E-state index contributed by atoms with van der Waals surface area (Å²) in [5.74, 6) is -40.7. The molecule has 0 aliphatic rings. The van der Waals surface area contributed by atoms with Gasteiger partial charge >= 0.3 is 71.8 Å². The molecule has 0 aliphatic carbocycles. The molecule has 0 saturated heterocycles. The fourth-order valence-electron chi connectivity index (χ4n) is 2.26. The van der Waals surface area contributed by atoms with Gasteiger partial charge in [0, 0.05) is 18.2 Å². The Morgan fingerprint density at radius 1 is 0.442 bits per heavy atom. The van der Waals surface area contributed by atoms with Gasteiger partial charge in [-0.05, 0) is 10.9 Å². The van der Waals surface area contributed by atoms with Crippen molar-refractivity contribution in [3.63, 3.8) is 0 Å². The third-order valence-corrected chi connectivity index (χ3v) is 5.11. The van der Waals surface area contributed by atoms with E-state index in [0.29, 0.717) is 6.08 Å². The van der Waals surface area contributed by atoms with E-state index in [1.54, 1.807) is 0 Å². The molecule has 0 aliphatic heterocycles. The van der Waals surface area contributed by atoms with Gasteiger partial charge in [0.05, 0.1) is 13.2 Å². The molecule has 0 fully saturated rings. The first-order valence-electron chi connectivity index (χ1n) is 12.5. The lowest BCUT2D eigenvalue weighted by molar-refractivity contribution is -0.456. The van der Waals surface area contributed by atoms with Crippen LogP contribution in [0, 0.1) is 0 Å². The van der Waals surface area contributed by atoms with Crippen LogP contribution in [-0.4, -0.2) is 105 Å². The van der Waals surface area contributed by atoms with E-state index in [-0.39, 0.29) is 12.2 Å². The number of rotatable bonds is 22. The number of alkyl halides is 18. The van der Waals surface area contributed by atoms with Crippen molar-refractivity contribution in [1.82, 2.24) is 0 Å². The third-order valence-electron chi connectivity index (χ3n) is 5.11. The zero-order valence-corrected chi connectivity index (χ0v) is 25.0. The average molecular weight is 814 g/mol. The number of carbonyl (C=O) groups is 3. The second-order valence-corrected chi connectivity index (χ2v) is 8.95. The highest BCUT2D eigenvalue weighted by atomic mass is 19.4. The lowest BCUT2D eigenvalue weighted by atomic mass is 10.1. The van der Waals surface area contributed by atoms with Crippen LogP contribution < -0.4 is 0 Å². The molecule has 0 aromatic heterocycles. The van der Waals surface area contributed by atoms with Crippen molar-refractivity contribution in [2.45, 2.75) is 60.3 Å². The van der Waals surface area contributed by atoms with E-state index < -0.39 is 111 Å². The van der Waals surface area contributed by atoms with Gasteiger partial charge in [0.15, 0.2) is 19.8 Å². The molecule has 0 saturated carbocycles. The van der Waals surface area contributed by atoms with Crippen molar-refractivity contribution < 1.29 is 127 Å². The van der Waals surface area contributed by atoms with E-state index in [0.717, 1.165) is 0 Å². The number of halogens is 19. The molecule has 0 unspecified atom stereocenters. The number of carbonyl (C=O) groups excluding carboxylic acids is 3. The molecule has 9 nitrogen and oxygen atoms in total. The van der Waals surface area contributed by atoms with Crippen LogP contribution in [0.25, 0.3) is 0 Å². The molecule has 0 rings (SSSR count). The molecule has 0 atom stereocenters. The van der Waals surface area contributed by atoms with Crippen molar-refractivity contribution in [3.05, 3.63) is 38.0 Å². The standard InChI is InChI=1S/C17H16F12O6.C7H5F7O3/c1-3-10(30)32-8-12(18,19)14(22,23)16(26,27)34-6-5-7-35-17(28,29)15(24,25)13(20,21)9-33-11(31)4-2;1-2-4(15)16-3-5(8,9)6(10,11)7(12,13)17-14/h3-4H,1-2,5-9H2;2H,1,3H2. The van der Waals surface area contributed by atoms with Gasteiger partial charge in [-0.15, -0.1) is 4.94 Å². The second-order valence-electron chi connectivity index (χ2n) is 8.95. The molecule has 28 heteroatoms. The summed E-state index contributed by atoms with van der Waals surface area (Å²) in [6, 6.07) is 0. The van der Waals surface area contributed by atoms with Gasteiger partial charge in [-0.2, -0.15) is 79.0 Å². The Morgan fingerprint density at radius 2 is 0.673 bits per heavy atom. The van der Waals surface area contributed by atoms with Crippen LogP contribution in [-0.2, 0) is 43.0 Å². The molecular formula is C24H21F19O9. The minimum absolute atomic E-state index is 0.256. The molecular weight excluding hydrogens is 793 g/mol. The van der Waals surface area contributed by atoms with Crippen molar-refractivity contribution in [1.29, 1.82) is 0 Å². The molecule has 304 valence electrons. The van der Waals surface area contributed by atoms with E-state index in [9.17, 15) is 97.9 Å².